The molecule has 0 saturated carbocycles. The maximum absolute atomic E-state index is 13.4. The number of halogens is 1. The van der Waals surface area contributed by atoms with Crippen LogP contribution in [0.15, 0.2) is 17.4 Å². The van der Waals surface area contributed by atoms with Gasteiger partial charge in [0, 0.05) is 24.0 Å². The lowest BCUT2D eigenvalue weighted by atomic mass is 9.73. The van der Waals surface area contributed by atoms with Crippen molar-refractivity contribution in [2.75, 3.05) is 21.3 Å². The maximum atomic E-state index is 13.4. The number of hydrogen-bond donors (Lipinski definition) is 0. The number of benzene rings is 1. The van der Waals surface area contributed by atoms with E-state index >= 15 is 0 Å². The number of carbonyl (C=O) groups excluding carboxylic acids is 2. The summed E-state index contributed by atoms with van der Waals surface area (Å²) in [6.45, 7) is 3.42. The first-order chi connectivity index (χ1) is 11.8. The van der Waals surface area contributed by atoms with Crippen molar-refractivity contribution in [3.05, 3.63) is 28.0 Å². The van der Waals surface area contributed by atoms with Gasteiger partial charge in [0.25, 0.3) is 0 Å². The fourth-order valence-corrected chi connectivity index (χ4v) is 3.85. The fourth-order valence-electron chi connectivity index (χ4n) is 3.58. The Hall–Kier alpha value is -2.21. The van der Waals surface area contributed by atoms with Crippen LogP contribution < -0.4 is 14.2 Å². The minimum atomic E-state index is -1.43. The third kappa shape index (κ3) is 2.16. The molecule has 6 nitrogen and oxygen atoms in total. The molecule has 2 atom stereocenters. The Bertz CT molecular complexity index is 812. The van der Waals surface area contributed by atoms with Gasteiger partial charge in [0.15, 0.2) is 17.3 Å². The van der Waals surface area contributed by atoms with Gasteiger partial charge in [-0.25, -0.2) is 0 Å². The lowest BCUT2D eigenvalue weighted by Gasteiger charge is -2.38. The average molecular weight is 367 g/mol. The first-order valence-corrected chi connectivity index (χ1v) is 8.18. The van der Waals surface area contributed by atoms with Crippen LogP contribution in [0.4, 0.5) is 0 Å². The second-order valence-corrected chi connectivity index (χ2v) is 6.53. The Morgan fingerprint density at radius 1 is 1.16 bits per heavy atom. The van der Waals surface area contributed by atoms with Crippen molar-refractivity contribution in [3.8, 4) is 17.2 Å². The van der Waals surface area contributed by atoms with Gasteiger partial charge in [-0.15, -0.1) is 0 Å². The van der Waals surface area contributed by atoms with Crippen LogP contribution in [0.2, 0.25) is 5.02 Å². The molecule has 1 spiro atoms. The predicted octanol–water partition coefficient (Wildman–Crippen LogP) is 3.20. The molecule has 1 aliphatic heterocycles. The zero-order chi connectivity index (χ0) is 18.5. The number of hydrogen-bond acceptors (Lipinski definition) is 6. The Kier molecular flexibility index (Phi) is 4.19. The Labute approximate surface area is 150 Å². The zero-order valence-electron chi connectivity index (χ0n) is 14.7. The Morgan fingerprint density at radius 3 is 2.36 bits per heavy atom. The zero-order valence-corrected chi connectivity index (χ0v) is 15.4. The topological polar surface area (TPSA) is 71.1 Å². The summed E-state index contributed by atoms with van der Waals surface area (Å²) in [5.74, 6) is 0.209. The molecule has 0 saturated heterocycles. The number of Topliss-reactive ketones (excluding diaryl/α,β-unsaturated/α-hetero) is 2. The highest BCUT2D eigenvalue weighted by Crippen LogP contribution is 2.55. The summed E-state index contributed by atoms with van der Waals surface area (Å²) in [5, 5.41) is 0.181. The van der Waals surface area contributed by atoms with E-state index in [-0.39, 0.29) is 40.1 Å². The molecule has 134 valence electrons. The normalized spacial score (nSPS) is 25.1. The summed E-state index contributed by atoms with van der Waals surface area (Å²) in [7, 11) is 4.34. The van der Waals surface area contributed by atoms with E-state index in [9.17, 15) is 9.59 Å². The lowest BCUT2D eigenvalue weighted by Crippen LogP contribution is -2.52. The molecule has 0 N–H and O–H groups in total. The molecular weight excluding hydrogens is 348 g/mol. The van der Waals surface area contributed by atoms with E-state index in [0.29, 0.717) is 17.1 Å². The van der Waals surface area contributed by atoms with Crippen LogP contribution in [0.5, 0.6) is 17.2 Å². The number of rotatable bonds is 3. The molecule has 1 heterocycles. The van der Waals surface area contributed by atoms with Crippen molar-refractivity contribution >= 4 is 23.2 Å². The molecule has 0 bridgehead atoms. The summed E-state index contributed by atoms with van der Waals surface area (Å²) in [4.78, 5) is 25.6. The van der Waals surface area contributed by atoms with Gasteiger partial charge in [-0.1, -0.05) is 18.5 Å². The van der Waals surface area contributed by atoms with Gasteiger partial charge in [0.2, 0.25) is 11.4 Å². The minimum absolute atomic E-state index is 0.0713. The van der Waals surface area contributed by atoms with E-state index in [1.807, 2.05) is 0 Å². The van der Waals surface area contributed by atoms with E-state index in [1.165, 1.54) is 21.3 Å². The number of fused-ring (bicyclic) bond motifs is 1. The van der Waals surface area contributed by atoms with E-state index in [0.717, 1.165) is 0 Å². The van der Waals surface area contributed by atoms with E-state index in [2.05, 4.69) is 0 Å². The van der Waals surface area contributed by atoms with Gasteiger partial charge in [0.05, 0.1) is 21.3 Å². The third-order valence-corrected chi connectivity index (χ3v) is 5.26. The molecule has 2 aliphatic rings. The van der Waals surface area contributed by atoms with Gasteiger partial charge in [-0.2, -0.15) is 0 Å². The molecule has 1 unspecified atom stereocenters. The van der Waals surface area contributed by atoms with E-state index < -0.39 is 11.5 Å². The van der Waals surface area contributed by atoms with Crippen LogP contribution in [0, 0.1) is 5.92 Å². The first kappa shape index (κ1) is 17.6. The number of ketones is 2. The second kappa shape index (κ2) is 5.95. The molecule has 25 heavy (non-hydrogen) atoms. The van der Waals surface area contributed by atoms with Crippen molar-refractivity contribution < 1.29 is 28.5 Å². The van der Waals surface area contributed by atoms with Gasteiger partial charge in [0.1, 0.15) is 22.1 Å². The summed E-state index contributed by atoms with van der Waals surface area (Å²) in [6.07, 6.45) is 0.176. The van der Waals surface area contributed by atoms with Crippen LogP contribution in [-0.2, 0) is 9.53 Å². The lowest BCUT2D eigenvalue weighted by molar-refractivity contribution is -0.119. The molecular formula is C18H19ClO6. The summed E-state index contributed by atoms with van der Waals surface area (Å²) in [6, 6.07) is 1.54. The van der Waals surface area contributed by atoms with Crippen LogP contribution in [0.1, 0.15) is 30.6 Å². The first-order valence-electron chi connectivity index (χ1n) is 7.80. The van der Waals surface area contributed by atoms with Crippen LogP contribution >= 0.6 is 11.6 Å². The fraction of sp³-hybridized carbons (Fsp3) is 0.444. The molecule has 7 heteroatoms. The Morgan fingerprint density at radius 2 is 1.80 bits per heavy atom. The summed E-state index contributed by atoms with van der Waals surface area (Å²) in [5.41, 5.74) is -0.820. The quantitative estimate of drug-likeness (QED) is 0.818. The third-order valence-electron chi connectivity index (χ3n) is 4.90. The van der Waals surface area contributed by atoms with Crippen LogP contribution in [-0.4, -0.2) is 38.5 Å². The smallest absolute Gasteiger partial charge is 0.231 e. The predicted molar refractivity (Wildman–Crippen MR) is 90.7 cm³/mol. The standard InChI is InChI=1S/C18H19ClO6/c1-8-6-10(20)9(2)17(24-5)18(8)16(21)13-11(22-3)7-12(23-4)14(19)15(13)25-18/h7-8H,6H2,1-5H3/t8-,18?/m1/s1. The van der Waals surface area contributed by atoms with Crippen LogP contribution in [0.3, 0.4) is 0 Å². The Balaban J connectivity index is 2.30. The molecule has 0 fully saturated rings. The number of allylic oxidation sites excluding steroid dienone is 1. The number of ether oxygens (including phenoxy) is 4. The summed E-state index contributed by atoms with van der Waals surface area (Å²) >= 11 is 6.37. The highest BCUT2D eigenvalue weighted by molar-refractivity contribution is 6.35. The van der Waals surface area contributed by atoms with Gasteiger partial charge < -0.3 is 18.9 Å². The van der Waals surface area contributed by atoms with E-state index in [1.54, 1.807) is 19.9 Å². The SMILES string of the molecule is COC1=C(C)C(=O)C[C@@H](C)C12Oc1c(Cl)c(OC)cc(OC)c1C2=O. The van der Waals surface area contributed by atoms with Gasteiger partial charge >= 0.3 is 0 Å². The minimum Gasteiger partial charge on any atom is -0.496 e. The van der Waals surface area contributed by atoms with E-state index in [4.69, 9.17) is 30.5 Å². The number of methoxy groups -OCH3 is 3. The molecule has 1 aromatic carbocycles. The van der Waals surface area contributed by atoms with Crippen molar-refractivity contribution in [1.82, 2.24) is 0 Å². The molecule has 1 aliphatic carbocycles. The highest BCUT2D eigenvalue weighted by atomic mass is 35.5. The molecule has 3 rings (SSSR count). The maximum Gasteiger partial charge on any atom is 0.231 e. The molecule has 0 amide bonds. The highest BCUT2D eigenvalue weighted by Gasteiger charge is 2.61. The largest absolute Gasteiger partial charge is 0.496 e. The van der Waals surface area contributed by atoms with Gasteiger partial charge in [-0.05, 0) is 6.92 Å². The molecule has 1 aromatic rings. The van der Waals surface area contributed by atoms with Crippen molar-refractivity contribution in [1.29, 1.82) is 0 Å². The van der Waals surface area contributed by atoms with Crippen molar-refractivity contribution in [2.45, 2.75) is 25.9 Å². The molecule has 0 aromatic heterocycles. The monoisotopic (exact) mass is 366 g/mol. The average Bonchev–Trinajstić information content (AvgIpc) is 2.90. The van der Waals surface area contributed by atoms with Crippen molar-refractivity contribution in [2.24, 2.45) is 5.92 Å². The van der Waals surface area contributed by atoms with Gasteiger partial charge in [-0.3, -0.25) is 9.59 Å². The second-order valence-electron chi connectivity index (χ2n) is 6.15. The van der Waals surface area contributed by atoms with Crippen LogP contribution in [0.25, 0.3) is 0 Å². The van der Waals surface area contributed by atoms with Crippen molar-refractivity contribution in [3.63, 3.8) is 0 Å². The molecule has 0 radical (unpaired) electrons. The number of carbonyl (C=O) groups is 2. The summed E-state index contributed by atoms with van der Waals surface area (Å²) < 4.78 is 22.2.